The van der Waals surface area contributed by atoms with E-state index in [-0.39, 0.29) is 0 Å². The number of hydrogen-bond donors (Lipinski definition) is 1. The van der Waals surface area contributed by atoms with Crippen LogP contribution in [0.15, 0.2) is 49.8 Å². The third-order valence-corrected chi connectivity index (χ3v) is 4.45. The van der Waals surface area contributed by atoms with Gasteiger partial charge in [-0.25, -0.2) is 0 Å². The van der Waals surface area contributed by atoms with Gasteiger partial charge in [0.15, 0.2) is 0 Å². The normalized spacial score (nSPS) is 12.3. The molecule has 0 aliphatic carbocycles. The van der Waals surface area contributed by atoms with Crippen molar-refractivity contribution < 1.29 is 9.84 Å². The molecular weight excluding hydrogens is 440 g/mol. The highest BCUT2D eigenvalue weighted by atomic mass is 79.9. The predicted octanol–water partition coefficient (Wildman–Crippen LogP) is 5.06. The lowest BCUT2D eigenvalue weighted by atomic mass is 10.0. The van der Waals surface area contributed by atoms with Crippen LogP contribution in [0.25, 0.3) is 0 Å². The Bertz CT molecular complexity index is 599. The Balaban J connectivity index is 2.51. The zero-order valence-corrected chi connectivity index (χ0v) is 14.8. The molecule has 1 atom stereocenters. The molecule has 0 bridgehead atoms. The standard InChI is InChI=1S/C14H11Br3O2/c1-19-13-5-3-9(16)7-11(13)14(18)10-6-8(15)2-4-12(10)17/h2-7,14,18H,1H3. The van der Waals surface area contributed by atoms with Gasteiger partial charge in [0.05, 0.1) is 7.11 Å². The third-order valence-electron chi connectivity index (χ3n) is 2.74. The van der Waals surface area contributed by atoms with E-state index in [1.807, 2.05) is 36.4 Å². The zero-order valence-electron chi connectivity index (χ0n) is 10.0. The van der Waals surface area contributed by atoms with Gasteiger partial charge in [-0.05, 0) is 36.4 Å². The molecule has 2 nitrogen and oxygen atoms in total. The van der Waals surface area contributed by atoms with Crippen LogP contribution in [0.1, 0.15) is 17.2 Å². The maximum absolute atomic E-state index is 10.6. The summed E-state index contributed by atoms with van der Waals surface area (Å²) in [7, 11) is 1.59. The SMILES string of the molecule is COc1ccc(Br)cc1C(O)c1cc(Br)ccc1Br. The summed E-state index contributed by atoms with van der Waals surface area (Å²) < 4.78 is 7.97. The molecule has 0 aliphatic rings. The first-order chi connectivity index (χ1) is 9.02. The van der Waals surface area contributed by atoms with Crippen LogP contribution in [0.3, 0.4) is 0 Å². The summed E-state index contributed by atoms with van der Waals surface area (Å²) in [5.74, 6) is 0.655. The number of methoxy groups -OCH3 is 1. The Morgan fingerprint density at radius 1 is 0.947 bits per heavy atom. The summed E-state index contributed by atoms with van der Waals surface area (Å²) in [6.07, 6.45) is -0.765. The number of rotatable bonds is 3. The number of aliphatic hydroxyl groups excluding tert-OH is 1. The lowest BCUT2D eigenvalue weighted by molar-refractivity contribution is 0.214. The average Bonchev–Trinajstić information content (AvgIpc) is 2.40. The van der Waals surface area contributed by atoms with Crippen LogP contribution in [0, 0.1) is 0 Å². The molecule has 2 rings (SSSR count). The van der Waals surface area contributed by atoms with Gasteiger partial charge in [-0.2, -0.15) is 0 Å². The van der Waals surface area contributed by atoms with Gasteiger partial charge in [-0.1, -0.05) is 47.8 Å². The monoisotopic (exact) mass is 448 g/mol. The smallest absolute Gasteiger partial charge is 0.125 e. The summed E-state index contributed by atoms with van der Waals surface area (Å²) in [6, 6.07) is 11.3. The van der Waals surface area contributed by atoms with E-state index in [9.17, 15) is 5.11 Å². The van der Waals surface area contributed by atoms with Gasteiger partial charge in [0.2, 0.25) is 0 Å². The van der Waals surface area contributed by atoms with Crippen LogP contribution in [0.5, 0.6) is 5.75 Å². The largest absolute Gasteiger partial charge is 0.496 e. The Hall–Kier alpha value is -0.360. The second-order valence-electron chi connectivity index (χ2n) is 3.95. The topological polar surface area (TPSA) is 29.5 Å². The Labute approximate surface area is 137 Å². The van der Waals surface area contributed by atoms with Gasteiger partial charge < -0.3 is 9.84 Å². The van der Waals surface area contributed by atoms with Crippen molar-refractivity contribution in [2.75, 3.05) is 7.11 Å². The van der Waals surface area contributed by atoms with Crippen molar-refractivity contribution in [3.05, 3.63) is 60.9 Å². The summed E-state index contributed by atoms with van der Waals surface area (Å²) in [4.78, 5) is 0. The van der Waals surface area contributed by atoms with Gasteiger partial charge in [0.25, 0.3) is 0 Å². The molecule has 0 amide bonds. The van der Waals surface area contributed by atoms with E-state index in [2.05, 4.69) is 47.8 Å². The Morgan fingerprint density at radius 3 is 2.16 bits per heavy atom. The quantitative estimate of drug-likeness (QED) is 0.708. The van der Waals surface area contributed by atoms with Crippen molar-refractivity contribution in [1.82, 2.24) is 0 Å². The van der Waals surface area contributed by atoms with E-state index in [1.54, 1.807) is 7.11 Å². The molecule has 0 saturated heterocycles. The predicted molar refractivity (Wildman–Crippen MR) is 86.6 cm³/mol. The minimum Gasteiger partial charge on any atom is -0.496 e. The van der Waals surface area contributed by atoms with Crippen LogP contribution >= 0.6 is 47.8 Å². The second kappa shape index (κ2) is 6.39. The number of benzene rings is 2. The molecule has 0 saturated carbocycles. The van der Waals surface area contributed by atoms with E-state index in [4.69, 9.17) is 4.74 Å². The highest BCUT2D eigenvalue weighted by molar-refractivity contribution is 9.11. The van der Waals surface area contributed by atoms with E-state index < -0.39 is 6.10 Å². The highest BCUT2D eigenvalue weighted by Gasteiger charge is 2.18. The van der Waals surface area contributed by atoms with Crippen molar-refractivity contribution in [2.24, 2.45) is 0 Å². The molecule has 0 aliphatic heterocycles. The van der Waals surface area contributed by atoms with E-state index >= 15 is 0 Å². The number of halogens is 3. The molecule has 19 heavy (non-hydrogen) atoms. The van der Waals surface area contributed by atoms with Gasteiger partial charge in [0, 0.05) is 24.5 Å². The Morgan fingerprint density at radius 2 is 1.53 bits per heavy atom. The minimum absolute atomic E-state index is 0.655. The fourth-order valence-corrected chi connectivity index (χ4v) is 3.03. The first-order valence-corrected chi connectivity index (χ1v) is 7.87. The van der Waals surface area contributed by atoms with Crippen molar-refractivity contribution in [3.63, 3.8) is 0 Å². The fourth-order valence-electron chi connectivity index (χ4n) is 1.81. The van der Waals surface area contributed by atoms with E-state index in [0.29, 0.717) is 5.75 Å². The number of aliphatic hydroxyl groups is 1. The molecule has 0 heterocycles. The van der Waals surface area contributed by atoms with Crippen molar-refractivity contribution in [2.45, 2.75) is 6.10 Å². The van der Waals surface area contributed by atoms with Gasteiger partial charge in [-0.15, -0.1) is 0 Å². The van der Waals surface area contributed by atoms with E-state index in [1.165, 1.54) is 0 Å². The average molecular weight is 451 g/mol. The number of hydrogen-bond acceptors (Lipinski definition) is 2. The van der Waals surface area contributed by atoms with Crippen molar-refractivity contribution >= 4 is 47.8 Å². The van der Waals surface area contributed by atoms with E-state index in [0.717, 1.165) is 24.5 Å². The highest BCUT2D eigenvalue weighted by Crippen LogP contribution is 2.36. The molecule has 0 spiro atoms. The molecule has 5 heteroatoms. The third kappa shape index (κ3) is 3.40. The van der Waals surface area contributed by atoms with Crippen LogP contribution in [-0.2, 0) is 0 Å². The molecule has 100 valence electrons. The van der Waals surface area contributed by atoms with Crippen molar-refractivity contribution in [1.29, 1.82) is 0 Å². The summed E-state index contributed by atoms with van der Waals surface area (Å²) in [5, 5.41) is 10.6. The molecule has 1 unspecified atom stereocenters. The summed E-state index contributed by atoms with van der Waals surface area (Å²) in [5.41, 5.74) is 1.50. The molecule has 0 aromatic heterocycles. The summed E-state index contributed by atoms with van der Waals surface area (Å²) in [6.45, 7) is 0. The number of ether oxygens (including phenoxy) is 1. The maximum Gasteiger partial charge on any atom is 0.125 e. The maximum atomic E-state index is 10.6. The lowest BCUT2D eigenvalue weighted by Gasteiger charge is -2.17. The molecule has 2 aromatic carbocycles. The molecule has 1 N–H and O–H groups in total. The zero-order chi connectivity index (χ0) is 14.0. The van der Waals surface area contributed by atoms with Crippen LogP contribution < -0.4 is 4.74 Å². The first-order valence-electron chi connectivity index (χ1n) is 5.49. The molecule has 2 aromatic rings. The fraction of sp³-hybridized carbons (Fsp3) is 0.143. The second-order valence-corrected chi connectivity index (χ2v) is 6.64. The van der Waals surface area contributed by atoms with Crippen LogP contribution in [0.4, 0.5) is 0 Å². The van der Waals surface area contributed by atoms with Gasteiger partial charge in [0.1, 0.15) is 11.9 Å². The van der Waals surface area contributed by atoms with Gasteiger partial charge in [-0.3, -0.25) is 0 Å². The van der Waals surface area contributed by atoms with Gasteiger partial charge >= 0.3 is 0 Å². The summed E-state index contributed by atoms with van der Waals surface area (Å²) >= 11 is 10.3. The molecule has 0 radical (unpaired) electrons. The van der Waals surface area contributed by atoms with Crippen molar-refractivity contribution in [3.8, 4) is 5.75 Å². The molecule has 0 fully saturated rings. The Kier molecular flexibility index (Phi) is 5.06. The van der Waals surface area contributed by atoms with Crippen LogP contribution in [0.2, 0.25) is 0 Å². The minimum atomic E-state index is -0.765. The van der Waals surface area contributed by atoms with Crippen LogP contribution in [-0.4, -0.2) is 12.2 Å². The molecular formula is C14H11Br3O2. The lowest BCUT2D eigenvalue weighted by Crippen LogP contribution is -2.03. The first kappa shape index (κ1) is 15.0.